The van der Waals surface area contributed by atoms with Crippen LogP contribution in [-0.2, 0) is 15.8 Å². The summed E-state index contributed by atoms with van der Waals surface area (Å²) in [6.45, 7) is 0. The number of nitrogens with two attached hydrogens (primary N) is 1. The molecule has 0 spiro atoms. The van der Waals surface area contributed by atoms with Crippen LogP contribution in [0.1, 0.15) is 15.9 Å². The second-order valence-electron chi connectivity index (χ2n) is 3.26. The number of esters is 1. The van der Waals surface area contributed by atoms with Gasteiger partial charge in [-0.25, -0.2) is 14.0 Å². The second-order valence-corrected chi connectivity index (χ2v) is 3.26. The maximum absolute atomic E-state index is 13.3. The standard InChI is InChI=1S/C10H9F4NO3/c1-17-9(16)5-3-7(11)6(10(12,13)14)4-8(5)15-18-2/h3-4,15H,1-2H3/p+1. The predicted molar refractivity (Wildman–Crippen MR) is 51.3 cm³/mol. The van der Waals surface area contributed by atoms with Crippen molar-refractivity contribution in [1.82, 2.24) is 0 Å². The van der Waals surface area contributed by atoms with Crippen molar-refractivity contribution in [3.63, 3.8) is 0 Å². The molecule has 0 aromatic heterocycles. The summed E-state index contributed by atoms with van der Waals surface area (Å²) in [4.78, 5) is 15.8. The van der Waals surface area contributed by atoms with Crippen molar-refractivity contribution in [2.45, 2.75) is 6.18 Å². The van der Waals surface area contributed by atoms with Gasteiger partial charge in [-0.2, -0.15) is 18.7 Å². The summed E-state index contributed by atoms with van der Waals surface area (Å²) in [7, 11) is 2.23. The van der Waals surface area contributed by atoms with Gasteiger partial charge in [0.1, 0.15) is 11.4 Å². The highest BCUT2D eigenvalue weighted by Gasteiger charge is 2.36. The highest BCUT2D eigenvalue weighted by molar-refractivity contribution is 5.93. The van der Waals surface area contributed by atoms with Crippen molar-refractivity contribution in [3.05, 3.63) is 29.1 Å². The SMILES string of the molecule is CO[NH2+]c1cc(C(F)(F)F)c(F)cc1C(=O)OC. The first-order valence-electron chi connectivity index (χ1n) is 4.66. The molecular weight excluding hydrogens is 258 g/mol. The summed E-state index contributed by atoms with van der Waals surface area (Å²) in [5.74, 6) is -2.50. The number of quaternary nitrogens is 1. The van der Waals surface area contributed by atoms with Crippen molar-refractivity contribution < 1.29 is 37.4 Å². The molecule has 2 N–H and O–H groups in total. The average molecular weight is 268 g/mol. The number of carbonyl (C=O) groups is 1. The van der Waals surface area contributed by atoms with Gasteiger partial charge in [-0.3, -0.25) is 0 Å². The Kier molecular flexibility index (Phi) is 4.25. The summed E-state index contributed by atoms with van der Waals surface area (Å²) >= 11 is 0. The van der Waals surface area contributed by atoms with Crippen molar-refractivity contribution in [1.29, 1.82) is 0 Å². The quantitative estimate of drug-likeness (QED) is 0.390. The van der Waals surface area contributed by atoms with E-state index >= 15 is 0 Å². The van der Waals surface area contributed by atoms with Crippen molar-refractivity contribution >= 4 is 11.7 Å². The molecule has 100 valence electrons. The van der Waals surface area contributed by atoms with Gasteiger partial charge in [0.05, 0.1) is 19.8 Å². The summed E-state index contributed by atoms with van der Waals surface area (Å²) < 4.78 is 55.0. The molecule has 0 aliphatic rings. The first-order chi connectivity index (χ1) is 8.31. The Labute approximate surface area is 99.4 Å². The number of alkyl halides is 3. The fraction of sp³-hybridized carbons (Fsp3) is 0.300. The summed E-state index contributed by atoms with van der Waals surface area (Å²) in [6.07, 6.45) is -4.85. The Morgan fingerprint density at radius 1 is 1.28 bits per heavy atom. The molecule has 1 aromatic rings. The zero-order valence-corrected chi connectivity index (χ0v) is 9.47. The van der Waals surface area contributed by atoms with Gasteiger partial charge >= 0.3 is 12.1 Å². The lowest BCUT2D eigenvalue weighted by molar-refractivity contribution is -0.830. The molecule has 0 saturated heterocycles. The zero-order chi connectivity index (χ0) is 13.9. The molecule has 0 saturated carbocycles. The number of methoxy groups -OCH3 is 1. The topological polar surface area (TPSA) is 52.1 Å². The average Bonchev–Trinajstić information content (AvgIpc) is 2.28. The van der Waals surface area contributed by atoms with Gasteiger partial charge in [-0.05, 0) is 6.07 Å². The molecule has 1 rings (SSSR count). The first-order valence-corrected chi connectivity index (χ1v) is 4.66. The zero-order valence-electron chi connectivity index (χ0n) is 9.47. The van der Waals surface area contributed by atoms with E-state index in [0.29, 0.717) is 12.1 Å². The van der Waals surface area contributed by atoms with Crippen LogP contribution >= 0.6 is 0 Å². The van der Waals surface area contributed by atoms with Gasteiger partial charge in [0.25, 0.3) is 0 Å². The van der Waals surface area contributed by atoms with Gasteiger partial charge in [0.15, 0.2) is 5.69 Å². The van der Waals surface area contributed by atoms with Gasteiger partial charge < -0.3 is 4.74 Å². The molecule has 0 aliphatic heterocycles. The maximum atomic E-state index is 13.3. The molecule has 0 atom stereocenters. The van der Waals surface area contributed by atoms with E-state index in [-0.39, 0.29) is 11.3 Å². The molecule has 0 bridgehead atoms. The molecular formula is C10H10F4NO3+. The number of rotatable bonds is 3. The molecule has 0 unspecified atom stereocenters. The van der Waals surface area contributed by atoms with E-state index in [1.165, 1.54) is 7.11 Å². The summed E-state index contributed by atoms with van der Waals surface area (Å²) in [6, 6.07) is 0.963. The molecule has 0 aliphatic carbocycles. The van der Waals surface area contributed by atoms with Crippen LogP contribution in [0.25, 0.3) is 0 Å². The lowest BCUT2D eigenvalue weighted by Gasteiger charge is -2.11. The highest BCUT2D eigenvalue weighted by Crippen LogP contribution is 2.33. The van der Waals surface area contributed by atoms with Crippen LogP contribution in [0.4, 0.5) is 23.2 Å². The number of benzene rings is 1. The number of halogens is 4. The van der Waals surface area contributed by atoms with E-state index in [4.69, 9.17) is 0 Å². The Balaban J connectivity index is 3.39. The minimum absolute atomic E-state index is 0.210. The molecule has 0 amide bonds. The Morgan fingerprint density at radius 3 is 2.33 bits per heavy atom. The van der Waals surface area contributed by atoms with Crippen molar-refractivity contribution in [2.24, 2.45) is 0 Å². The second kappa shape index (κ2) is 5.32. The van der Waals surface area contributed by atoms with E-state index in [1.54, 1.807) is 0 Å². The molecule has 0 radical (unpaired) electrons. The van der Waals surface area contributed by atoms with E-state index in [0.717, 1.165) is 12.6 Å². The fourth-order valence-electron chi connectivity index (χ4n) is 1.32. The predicted octanol–water partition coefficient (Wildman–Crippen LogP) is 1.39. The van der Waals surface area contributed by atoms with Crippen LogP contribution < -0.4 is 5.48 Å². The van der Waals surface area contributed by atoms with Gasteiger partial charge in [-0.1, -0.05) is 0 Å². The fourth-order valence-corrected chi connectivity index (χ4v) is 1.32. The van der Waals surface area contributed by atoms with E-state index in [1.807, 2.05) is 0 Å². The molecule has 18 heavy (non-hydrogen) atoms. The Morgan fingerprint density at radius 2 is 1.89 bits per heavy atom. The minimum Gasteiger partial charge on any atom is -0.465 e. The van der Waals surface area contributed by atoms with E-state index in [9.17, 15) is 22.4 Å². The third-order valence-corrected chi connectivity index (χ3v) is 2.09. The van der Waals surface area contributed by atoms with E-state index in [2.05, 4.69) is 9.57 Å². The number of carbonyl (C=O) groups excluding carboxylic acids is 1. The van der Waals surface area contributed by atoms with Gasteiger partial charge in [0.2, 0.25) is 0 Å². The third kappa shape index (κ3) is 2.96. The molecule has 1 aromatic carbocycles. The number of hydrogen-bond acceptors (Lipinski definition) is 3. The summed E-state index contributed by atoms with van der Waals surface area (Å²) in [5.41, 5.74) is -1.12. The van der Waals surface area contributed by atoms with Crippen LogP contribution in [0.2, 0.25) is 0 Å². The third-order valence-electron chi connectivity index (χ3n) is 2.09. The smallest absolute Gasteiger partial charge is 0.419 e. The number of ether oxygens (including phenoxy) is 1. The van der Waals surface area contributed by atoms with E-state index < -0.39 is 23.5 Å². The molecule has 0 fully saturated rings. The Hall–Kier alpha value is -1.67. The molecule has 8 heteroatoms. The molecule has 0 heterocycles. The summed E-state index contributed by atoms with van der Waals surface area (Å²) in [5, 5.41) is 0. The van der Waals surface area contributed by atoms with Crippen LogP contribution in [-0.4, -0.2) is 20.2 Å². The largest absolute Gasteiger partial charge is 0.465 e. The van der Waals surface area contributed by atoms with Crippen LogP contribution in [0.5, 0.6) is 0 Å². The lowest BCUT2D eigenvalue weighted by Crippen LogP contribution is -2.76. The first kappa shape index (κ1) is 14.4. The van der Waals surface area contributed by atoms with Crippen molar-refractivity contribution in [2.75, 3.05) is 14.2 Å². The monoisotopic (exact) mass is 268 g/mol. The lowest BCUT2D eigenvalue weighted by atomic mass is 10.1. The Bertz CT molecular complexity index is 459. The van der Waals surface area contributed by atoms with Gasteiger partial charge in [-0.15, -0.1) is 0 Å². The molecule has 4 nitrogen and oxygen atoms in total. The normalized spacial score (nSPS) is 11.4. The van der Waals surface area contributed by atoms with Crippen molar-refractivity contribution in [3.8, 4) is 0 Å². The van der Waals surface area contributed by atoms with Gasteiger partial charge in [0, 0.05) is 6.07 Å². The number of hydrogen-bond donors (Lipinski definition) is 1. The minimum atomic E-state index is -4.85. The van der Waals surface area contributed by atoms with Crippen LogP contribution in [0.3, 0.4) is 0 Å². The van der Waals surface area contributed by atoms with Crippen LogP contribution in [0.15, 0.2) is 12.1 Å². The van der Waals surface area contributed by atoms with Crippen LogP contribution in [0, 0.1) is 5.82 Å². The maximum Gasteiger partial charge on any atom is 0.419 e. The highest BCUT2D eigenvalue weighted by atomic mass is 19.4.